The van der Waals surface area contributed by atoms with Crippen molar-refractivity contribution < 1.29 is 25.8 Å². The van der Waals surface area contributed by atoms with E-state index in [0.29, 0.717) is 23.3 Å². The molecule has 3 heterocycles. The summed E-state index contributed by atoms with van der Waals surface area (Å²) in [6.07, 6.45) is 3.96. The van der Waals surface area contributed by atoms with Crippen LogP contribution in [0.15, 0.2) is 164 Å². The number of fused-ring (bicyclic) bond motifs is 4. The van der Waals surface area contributed by atoms with Gasteiger partial charge in [0.15, 0.2) is 0 Å². The largest absolute Gasteiger partial charge is 0.509 e. The van der Waals surface area contributed by atoms with E-state index < -0.39 is 0 Å². The van der Waals surface area contributed by atoms with E-state index in [1.165, 1.54) is 22.1 Å². The summed E-state index contributed by atoms with van der Waals surface area (Å²) in [5.74, 6) is 3.14. The van der Waals surface area contributed by atoms with Gasteiger partial charge < -0.3 is 19.1 Å². The molecule has 334 valence electrons. The van der Waals surface area contributed by atoms with Gasteiger partial charge in [0, 0.05) is 72.5 Å². The van der Waals surface area contributed by atoms with Crippen LogP contribution in [0.5, 0.6) is 11.5 Å². The fourth-order valence-electron chi connectivity index (χ4n) is 9.45. The van der Waals surface area contributed by atoms with E-state index in [1.54, 1.807) is 0 Å². The van der Waals surface area contributed by atoms with Crippen molar-refractivity contribution in [3.63, 3.8) is 0 Å². The Morgan fingerprint density at radius 3 is 1.89 bits per heavy atom. The molecule has 0 unspecified atom stereocenters. The first kappa shape index (κ1) is 44.8. The maximum absolute atomic E-state index is 6.78. The Morgan fingerprint density at radius 1 is 0.621 bits per heavy atom. The Bertz CT molecular complexity index is 3110. The molecule has 2 aromatic heterocycles. The second-order valence-electron chi connectivity index (χ2n) is 19.1. The average Bonchev–Trinajstić information content (AvgIpc) is 3.86. The van der Waals surface area contributed by atoms with Gasteiger partial charge in [-0.1, -0.05) is 151 Å². The molecule has 5 nitrogen and oxygen atoms in total. The number of hydrogen-bond acceptors (Lipinski definition) is 4. The van der Waals surface area contributed by atoms with E-state index in [1.807, 2.05) is 18.3 Å². The molecule has 0 atom stereocenters. The van der Waals surface area contributed by atoms with Gasteiger partial charge in [-0.25, -0.2) is 4.98 Å². The molecule has 0 amide bonds. The van der Waals surface area contributed by atoms with Crippen molar-refractivity contribution >= 4 is 44.6 Å². The molecule has 0 saturated carbocycles. The Kier molecular flexibility index (Phi) is 12.5. The van der Waals surface area contributed by atoms with Gasteiger partial charge in [-0.2, -0.15) is 12.1 Å². The summed E-state index contributed by atoms with van der Waals surface area (Å²) < 4.78 is 9.07. The van der Waals surface area contributed by atoms with Crippen LogP contribution >= 0.6 is 0 Å². The van der Waals surface area contributed by atoms with Crippen LogP contribution in [0.1, 0.15) is 65.2 Å². The summed E-state index contributed by atoms with van der Waals surface area (Å²) in [5, 5.41) is 2.44. The predicted molar refractivity (Wildman–Crippen MR) is 271 cm³/mol. The molecule has 0 spiro atoms. The third-order valence-corrected chi connectivity index (χ3v) is 12.4. The molecule has 0 aliphatic carbocycles. The summed E-state index contributed by atoms with van der Waals surface area (Å²) in [5.41, 5.74) is 14.8. The molecule has 0 radical (unpaired) electrons. The number of aromatic nitrogens is 2. The molecule has 1 aliphatic heterocycles. The minimum atomic E-state index is -0.0394. The van der Waals surface area contributed by atoms with Crippen LogP contribution in [0, 0.1) is 30.6 Å². The van der Waals surface area contributed by atoms with Crippen molar-refractivity contribution in [1.82, 2.24) is 9.55 Å². The summed E-state index contributed by atoms with van der Waals surface area (Å²) in [4.78, 5) is 9.54. The Hall–Kier alpha value is -6.42. The number of para-hydroxylation sites is 3. The van der Waals surface area contributed by atoms with Crippen molar-refractivity contribution in [2.24, 2.45) is 11.8 Å². The SMILES string of the molecule is CC(C)Cc1ccc2c(c1CC(C)C)c1ccc(Oc3[c-]c(N4[CH-]N(c5c(-c6ccccc6)cccc5-c5ccccc5)c5ccccc54)ccc3)[c-]c1n2-c1cc(C(C)(C)C)ccn1.[Pt]. The van der Waals surface area contributed by atoms with Crippen LogP contribution in [0.25, 0.3) is 49.9 Å². The summed E-state index contributed by atoms with van der Waals surface area (Å²) in [7, 11) is 0. The van der Waals surface area contributed by atoms with E-state index >= 15 is 0 Å². The number of ether oxygens (including phenoxy) is 1. The fourth-order valence-corrected chi connectivity index (χ4v) is 9.45. The smallest absolute Gasteiger partial charge is 0.135 e. The molecule has 1 aliphatic rings. The monoisotopic (exact) mass is 1040 g/mol. The first-order valence-electron chi connectivity index (χ1n) is 23.0. The standard InChI is InChI=1S/C60H55N4O.Pt/c1-40(2)34-44-28-31-55-58(52(44)35-41(3)4)51-30-29-48(38-56(51)64(55)57-36-45(32-33-61-57)60(5,6)7)65-47-23-16-22-46(37-47)62-39-63(54-27-15-14-26-53(54)62)59-49(42-18-10-8-11-19-42)24-17-25-50(59)43-20-12-9-13-21-43;/h8-33,36,39-41H,34-35H2,1-7H3;/q-3;. The maximum atomic E-state index is 6.78. The minimum Gasteiger partial charge on any atom is -0.509 e. The van der Waals surface area contributed by atoms with Crippen LogP contribution in [0.3, 0.4) is 0 Å². The van der Waals surface area contributed by atoms with Gasteiger partial charge in [0.25, 0.3) is 0 Å². The summed E-state index contributed by atoms with van der Waals surface area (Å²) in [6, 6.07) is 63.2. The first-order chi connectivity index (χ1) is 31.5. The molecule has 0 fully saturated rings. The van der Waals surface area contributed by atoms with Crippen LogP contribution in [-0.2, 0) is 39.3 Å². The molecule has 0 bridgehead atoms. The zero-order valence-corrected chi connectivity index (χ0v) is 41.0. The molecule has 0 saturated heterocycles. The number of hydrogen-bond donors (Lipinski definition) is 0. The van der Waals surface area contributed by atoms with Crippen molar-refractivity contribution in [2.75, 3.05) is 9.80 Å². The number of rotatable bonds is 11. The number of pyridine rings is 1. The average molecular weight is 1040 g/mol. The maximum Gasteiger partial charge on any atom is 0.135 e. The summed E-state index contributed by atoms with van der Waals surface area (Å²) in [6.45, 7) is 18.2. The Labute approximate surface area is 405 Å². The second kappa shape index (κ2) is 18.5. The summed E-state index contributed by atoms with van der Waals surface area (Å²) >= 11 is 0. The zero-order valence-electron chi connectivity index (χ0n) is 38.7. The van der Waals surface area contributed by atoms with Gasteiger partial charge in [0.05, 0.1) is 0 Å². The van der Waals surface area contributed by atoms with Crippen LogP contribution < -0.4 is 14.5 Å². The zero-order chi connectivity index (χ0) is 44.8. The third-order valence-electron chi connectivity index (χ3n) is 12.4. The molecule has 10 rings (SSSR count). The van der Waals surface area contributed by atoms with Crippen molar-refractivity contribution in [1.29, 1.82) is 0 Å². The predicted octanol–water partition coefficient (Wildman–Crippen LogP) is 16.0. The number of nitrogens with zero attached hydrogens (tertiary/aromatic N) is 4. The molecule has 7 aromatic carbocycles. The molecule has 0 N–H and O–H groups in total. The third kappa shape index (κ3) is 8.58. The van der Waals surface area contributed by atoms with Crippen LogP contribution in [-0.4, -0.2) is 9.55 Å². The van der Waals surface area contributed by atoms with Crippen molar-refractivity contribution in [3.8, 4) is 39.6 Å². The topological polar surface area (TPSA) is 33.5 Å². The Morgan fingerprint density at radius 2 is 1.24 bits per heavy atom. The second-order valence-corrected chi connectivity index (χ2v) is 19.1. The van der Waals surface area contributed by atoms with Gasteiger partial charge in [-0.05, 0) is 93.6 Å². The van der Waals surface area contributed by atoms with E-state index in [-0.39, 0.29) is 26.5 Å². The van der Waals surface area contributed by atoms with Crippen molar-refractivity contribution in [3.05, 3.63) is 199 Å². The fraction of sp³-hybridized carbons (Fsp3) is 0.200. The molecular weight excluding hydrogens is 988 g/mol. The van der Waals surface area contributed by atoms with Gasteiger partial charge in [0.1, 0.15) is 5.82 Å². The van der Waals surface area contributed by atoms with E-state index in [2.05, 4.69) is 227 Å². The van der Waals surface area contributed by atoms with E-state index in [0.717, 1.165) is 80.1 Å². The number of benzene rings is 7. The minimum absolute atomic E-state index is 0. The van der Waals surface area contributed by atoms with Gasteiger partial charge >= 0.3 is 0 Å². The van der Waals surface area contributed by atoms with E-state index in [9.17, 15) is 0 Å². The van der Waals surface area contributed by atoms with Crippen LogP contribution in [0.4, 0.5) is 22.7 Å². The molecule has 9 aromatic rings. The number of anilines is 4. The molecular formula is C60H55N4OPt-3. The molecule has 6 heteroatoms. The van der Waals surface area contributed by atoms with E-state index in [4.69, 9.17) is 9.72 Å². The van der Waals surface area contributed by atoms with Crippen LogP contribution in [0.2, 0.25) is 0 Å². The van der Waals surface area contributed by atoms with Gasteiger partial charge in [-0.15, -0.1) is 48.1 Å². The first-order valence-corrected chi connectivity index (χ1v) is 23.0. The Balaban J connectivity index is 0.00000548. The molecule has 66 heavy (non-hydrogen) atoms. The van der Waals surface area contributed by atoms with Gasteiger partial charge in [0.2, 0.25) is 0 Å². The van der Waals surface area contributed by atoms with Gasteiger partial charge in [-0.3, -0.25) is 0 Å². The normalized spacial score (nSPS) is 12.6. The quantitative estimate of drug-likeness (QED) is 0.121. The van der Waals surface area contributed by atoms with Crippen molar-refractivity contribution in [2.45, 2.75) is 66.7 Å².